The van der Waals surface area contributed by atoms with Crippen molar-refractivity contribution in [3.05, 3.63) is 61.2 Å². The number of unbranched alkanes of at least 4 members (excludes halogenated alkanes) is 2. The molecule has 0 unspecified atom stereocenters. The van der Waals surface area contributed by atoms with Gasteiger partial charge in [-0.2, -0.15) is 0 Å². The number of allylic oxidation sites excluding steroid dienone is 1. The van der Waals surface area contributed by atoms with Crippen LogP contribution < -0.4 is 0 Å². The number of hydrogen-bond donors (Lipinski definition) is 1. The van der Waals surface area contributed by atoms with E-state index in [2.05, 4.69) is 20.1 Å². The average Bonchev–Trinajstić information content (AvgIpc) is 3.69. The van der Waals surface area contributed by atoms with E-state index in [4.69, 9.17) is 9.47 Å². The van der Waals surface area contributed by atoms with E-state index in [-0.39, 0.29) is 37.3 Å². The molecule has 3 heterocycles. The lowest BCUT2D eigenvalue weighted by atomic mass is 9.70. The van der Waals surface area contributed by atoms with Crippen LogP contribution >= 0.6 is 0 Å². The van der Waals surface area contributed by atoms with Gasteiger partial charge in [0.1, 0.15) is 17.7 Å². The summed E-state index contributed by atoms with van der Waals surface area (Å²) in [7, 11) is 1.69. The number of aliphatic hydroxyl groups excluding tert-OH is 1. The third kappa shape index (κ3) is 6.72. The second kappa shape index (κ2) is 15.2. The number of esters is 1. The Kier molecular flexibility index (Phi) is 11.6. The number of β-amino-alcohol motifs (C(OH)–C–C–N with tert-alkyl or cyclic N) is 1. The van der Waals surface area contributed by atoms with Crippen molar-refractivity contribution in [1.29, 1.82) is 0 Å². The number of benzene rings is 1. The Balaban J connectivity index is 1.64. The van der Waals surface area contributed by atoms with Crippen molar-refractivity contribution in [3.8, 4) is 0 Å². The Bertz CT molecular complexity index is 1240. The number of carbonyl (C=O) groups excluding carboxylic acids is 4. The first-order chi connectivity index (χ1) is 21.7. The molecule has 0 saturated carbocycles. The second-order valence-corrected chi connectivity index (χ2v) is 12.4. The third-order valence-corrected chi connectivity index (χ3v) is 9.72. The number of nitrogens with zero attached hydrogens (tertiary/aromatic N) is 3. The van der Waals surface area contributed by atoms with Gasteiger partial charge < -0.3 is 29.3 Å². The maximum atomic E-state index is 14.2. The number of hydrogen-bond acceptors (Lipinski definition) is 7. The number of likely N-dealkylation sites (N-methyl/N-ethyl adjacent to an activating group) is 1. The van der Waals surface area contributed by atoms with E-state index >= 15 is 0 Å². The number of ether oxygens (including phenoxy) is 2. The Morgan fingerprint density at radius 1 is 1.20 bits per heavy atom. The highest BCUT2D eigenvalue weighted by atomic mass is 16.6. The molecule has 3 amide bonds. The smallest absolute Gasteiger partial charge is 0.313 e. The number of carbonyl (C=O) groups is 4. The zero-order chi connectivity index (χ0) is 32.7. The molecule has 3 aliphatic rings. The summed E-state index contributed by atoms with van der Waals surface area (Å²) in [5.41, 5.74) is -0.465. The number of amides is 3. The fourth-order valence-corrected chi connectivity index (χ4v) is 7.34. The molecule has 0 aromatic heterocycles. The SMILES string of the molecule is C=CCCC(=O)N(C)[C@@H](C)[C@@H](OC(=O)[C@@H]1[C@H]2C(=O)N(CCO)[C@H](C(=O)N(CC=C)CCCCC)[C@]23CC[C@H]1O3)c1ccccc1. The van der Waals surface area contributed by atoms with Gasteiger partial charge in [-0.05, 0) is 38.2 Å². The topological polar surface area (TPSA) is 117 Å². The molecule has 45 heavy (non-hydrogen) atoms. The summed E-state index contributed by atoms with van der Waals surface area (Å²) in [6, 6.07) is 7.79. The maximum absolute atomic E-state index is 14.2. The summed E-state index contributed by atoms with van der Waals surface area (Å²) in [4.78, 5) is 60.1. The van der Waals surface area contributed by atoms with Gasteiger partial charge in [0.05, 0.1) is 30.6 Å². The summed E-state index contributed by atoms with van der Waals surface area (Å²) in [6.07, 6.45) is 6.53. The van der Waals surface area contributed by atoms with Crippen LogP contribution in [-0.2, 0) is 28.7 Å². The highest BCUT2D eigenvalue weighted by Crippen LogP contribution is 2.59. The molecule has 0 aliphatic carbocycles. The van der Waals surface area contributed by atoms with Gasteiger partial charge in [-0.25, -0.2) is 0 Å². The zero-order valence-electron chi connectivity index (χ0n) is 26.9. The Morgan fingerprint density at radius 3 is 2.58 bits per heavy atom. The minimum atomic E-state index is -1.19. The van der Waals surface area contributed by atoms with Crippen molar-refractivity contribution < 1.29 is 33.8 Å². The van der Waals surface area contributed by atoms with E-state index in [1.165, 1.54) is 4.90 Å². The lowest BCUT2D eigenvalue weighted by molar-refractivity contribution is -0.164. The van der Waals surface area contributed by atoms with Gasteiger partial charge in [0.15, 0.2) is 0 Å². The van der Waals surface area contributed by atoms with E-state index in [9.17, 15) is 24.3 Å². The Hall–Kier alpha value is -3.50. The highest BCUT2D eigenvalue weighted by molar-refractivity contribution is 5.98. The van der Waals surface area contributed by atoms with Crippen molar-refractivity contribution >= 4 is 23.7 Å². The Morgan fingerprint density at radius 2 is 1.93 bits per heavy atom. The summed E-state index contributed by atoms with van der Waals surface area (Å²) in [6.45, 7) is 11.9. The van der Waals surface area contributed by atoms with Gasteiger partial charge in [-0.15, -0.1) is 13.2 Å². The molecule has 1 aromatic rings. The van der Waals surface area contributed by atoms with Gasteiger partial charge in [0.2, 0.25) is 17.7 Å². The van der Waals surface area contributed by atoms with E-state index < -0.39 is 47.7 Å². The van der Waals surface area contributed by atoms with Crippen LogP contribution in [0.4, 0.5) is 0 Å². The van der Waals surface area contributed by atoms with Gasteiger partial charge >= 0.3 is 5.97 Å². The predicted molar refractivity (Wildman–Crippen MR) is 170 cm³/mol. The highest BCUT2D eigenvalue weighted by Gasteiger charge is 2.75. The van der Waals surface area contributed by atoms with E-state index in [1.54, 1.807) is 29.0 Å². The van der Waals surface area contributed by atoms with Gasteiger partial charge in [-0.3, -0.25) is 19.2 Å². The number of fused-ring (bicyclic) bond motifs is 1. The molecular formula is C35H49N3O7. The standard InChI is InChI=1S/C35H49N3O7/c1-6-9-14-21-37(20-8-3)33(42)31-35-19-18-26(45-35)28(29(35)32(41)38(31)22-23-39)34(43)44-30(25-15-12-11-13-16-25)24(4)36(5)27(40)17-10-7-2/h7-8,11-13,15-16,24,26,28-31,39H,2-3,6,9-10,14,17-23H2,1,4-5H3/t24-,26+,28-,29-,30+,31+,35-/m0/s1. The van der Waals surface area contributed by atoms with Crippen LogP contribution in [-0.4, -0.2) is 101 Å². The predicted octanol–water partition coefficient (Wildman–Crippen LogP) is 3.66. The normalized spacial score (nSPS) is 26.2. The molecular weight excluding hydrogens is 574 g/mol. The zero-order valence-corrected chi connectivity index (χ0v) is 26.9. The summed E-state index contributed by atoms with van der Waals surface area (Å²) in [5, 5.41) is 9.92. The van der Waals surface area contributed by atoms with Gasteiger partial charge in [0.25, 0.3) is 0 Å². The summed E-state index contributed by atoms with van der Waals surface area (Å²) >= 11 is 0. The van der Waals surface area contributed by atoms with Crippen LogP contribution in [0, 0.1) is 11.8 Å². The van der Waals surface area contributed by atoms with Gasteiger partial charge in [-0.1, -0.05) is 62.2 Å². The average molecular weight is 624 g/mol. The number of rotatable bonds is 17. The molecule has 10 heteroatoms. The molecule has 1 aromatic carbocycles. The molecule has 3 aliphatic heterocycles. The first-order valence-electron chi connectivity index (χ1n) is 16.3. The summed E-state index contributed by atoms with van der Waals surface area (Å²) in [5.74, 6) is -3.14. The molecule has 246 valence electrons. The van der Waals surface area contributed by atoms with E-state index in [1.807, 2.05) is 37.3 Å². The van der Waals surface area contributed by atoms with E-state index in [0.717, 1.165) is 24.8 Å². The van der Waals surface area contributed by atoms with Crippen LogP contribution in [0.25, 0.3) is 0 Å². The van der Waals surface area contributed by atoms with Crippen LogP contribution in [0.15, 0.2) is 55.6 Å². The minimum Gasteiger partial charge on any atom is -0.455 e. The van der Waals surface area contributed by atoms with Crippen LogP contribution in [0.2, 0.25) is 0 Å². The molecule has 1 N–H and O–H groups in total. The fraction of sp³-hybridized carbons (Fsp3) is 0.600. The molecule has 10 nitrogen and oxygen atoms in total. The monoisotopic (exact) mass is 623 g/mol. The van der Waals surface area contributed by atoms with Crippen molar-refractivity contribution in [2.75, 3.05) is 33.3 Å². The molecule has 7 atom stereocenters. The lowest BCUT2D eigenvalue weighted by Crippen LogP contribution is -2.56. The van der Waals surface area contributed by atoms with Crippen LogP contribution in [0.1, 0.15) is 70.5 Å². The van der Waals surface area contributed by atoms with Crippen molar-refractivity contribution in [1.82, 2.24) is 14.7 Å². The second-order valence-electron chi connectivity index (χ2n) is 12.4. The van der Waals surface area contributed by atoms with E-state index in [0.29, 0.717) is 32.4 Å². The van der Waals surface area contributed by atoms with Crippen LogP contribution in [0.3, 0.4) is 0 Å². The van der Waals surface area contributed by atoms with Gasteiger partial charge in [0, 0.05) is 33.1 Å². The quantitative estimate of drug-likeness (QED) is 0.160. The lowest BCUT2D eigenvalue weighted by Gasteiger charge is -2.36. The third-order valence-electron chi connectivity index (χ3n) is 9.72. The van der Waals surface area contributed by atoms with Crippen LogP contribution in [0.5, 0.6) is 0 Å². The van der Waals surface area contributed by atoms with Crippen molar-refractivity contribution in [2.24, 2.45) is 11.8 Å². The van der Waals surface area contributed by atoms with Crippen molar-refractivity contribution in [3.63, 3.8) is 0 Å². The number of likely N-dealkylation sites (tertiary alicyclic amines) is 1. The Labute approximate surface area is 267 Å². The maximum Gasteiger partial charge on any atom is 0.313 e. The summed E-state index contributed by atoms with van der Waals surface area (Å²) < 4.78 is 12.8. The first-order valence-corrected chi connectivity index (χ1v) is 16.3. The molecule has 2 bridgehead atoms. The molecule has 4 rings (SSSR count). The molecule has 0 radical (unpaired) electrons. The fourth-order valence-electron chi connectivity index (χ4n) is 7.34. The minimum absolute atomic E-state index is 0.0402. The number of aliphatic hydroxyl groups is 1. The molecule has 3 fully saturated rings. The molecule has 1 spiro atoms. The molecule has 3 saturated heterocycles. The largest absolute Gasteiger partial charge is 0.455 e. The van der Waals surface area contributed by atoms with Crippen molar-refractivity contribution in [2.45, 2.75) is 88.7 Å². The first kappa shape index (κ1) is 34.4.